The van der Waals surface area contributed by atoms with Crippen LogP contribution in [-0.4, -0.2) is 50.4 Å². The molecule has 0 aliphatic carbocycles. The number of benzene rings is 3. The van der Waals surface area contributed by atoms with Crippen molar-refractivity contribution >= 4 is 39.1 Å². The highest BCUT2D eigenvalue weighted by atomic mass is 35.5. The molecule has 0 radical (unpaired) electrons. The SMILES string of the molecule is COc1cccc(CN(C(=O)CN(c2cc(C(F)(F)F)ccc2Cl)S(=O)(=O)c2ccccc2)[C@@H](C)C(=O)NC(C)(C)C)c1. The molecule has 0 aromatic heterocycles. The summed E-state index contributed by atoms with van der Waals surface area (Å²) in [5.41, 5.74) is -1.78. The molecule has 3 rings (SSSR count). The maximum Gasteiger partial charge on any atom is 0.416 e. The lowest BCUT2D eigenvalue weighted by atomic mass is 10.1. The number of amides is 2. The molecule has 2 amide bonds. The van der Waals surface area contributed by atoms with Gasteiger partial charge in [-0.2, -0.15) is 13.2 Å². The molecule has 13 heteroatoms. The molecule has 0 fully saturated rings. The minimum Gasteiger partial charge on any atom is -0.497 e. The van der Waals surface area contributed by atoms with Gasteiger partial charge < -0.3 is 15.0 Å². The van der Waals surface area contributed by atoms with Crippen LogP contribution in [0.4, 0.5) is 18.9 Å². The van der Waals surface area contributed by atoms with E-state index in [1.54, 1.807) is 51.1 Å². The summed E-state index contributed by atoms with van der Waals surface area (Å²) in [6.45, 7) is 5.67. The van der Waals surface area contributed by atoms with Crippen molar-refractivity contribution in [3.63, 3.8) is 0 Å². The Labute approximate surface area is 254 Å². The molecule has 8 nitrogen and oxygen atoms in total. The van der Waals surface area contributed by atoms with Gasteiger partial charge in [-0.3, -0.25) is 13.9 Å². The third-order valence-electron chi connectivity index (χ3n) is 6.30. The van der Waals surface area contributed by atoms with E-state index in [4.69, 9.17) is 16.3 Å². The van der Waals surface area contributed by atoms with Crippen LogP contribution < -0.4 is 14.4 Å². The number of hydrogen-bond donors (Lipinski definition) is 1. The molecule has 1 atom stereocenters. The molecular weight excluding hydrogens is 607 g/mol. The average Bonchev–Trinajstić information content (AvgIpc) is 2.93. The van der Waals surface area contributed by atoms with E-state index in [0.717, 1.165) is 17.0 Å². The van der Waals surface area contributed by atoms with E-state index in [9.17, 15) is 31.2 Å². The van der Waals surface area contributed by atoms with Gasteiger partial charge >= 0.3 is 6.18 Å². The molecule has 0 saturated carbocycles. The first-order valence-electron chi connectivity index (χ1n) is 13.1. The Morgan fingerprint density at radius 1 is 0.977 bits per heavy atom. The Kier molecular flexibility index (Phi) is 10.4. The summed E-state index contributed by atoms with van der Waals surface area (Å²) in [7, 11) is -3.15. The molecule has 0 heterocycles. The second-order valence-electron chi connectivity index (χ2n) is 10.8. The molecule has 0 spiro atoms. The lowest BCUT2D eigenvalue weighted by Gasteiger charge is -2.33. The zero-order valence-corrected chi connectivity index (χ0v) is 25.8. The monoisotopic (exact) mass is 639 g/mol. The third kappa shape index (κ3) is 8.64. The van der Waals surface area contributed by atoms with Gasteiger partial charge in [0.15, 0.2) is 0 Å². The normalized spacial score (nSPS) is 12.8. The fraction of sp³-hybridized carbons (Fsp3) is 0.333. The van der Waals surface area contributed by atoms with Crippen molar-refractivity contribution in [2.45, 2.75) is 56.9 Å². The summed E-state index contributed by atoms with van der Waals surface area (Å²) >= 11 is 6.27. The van der Waals surface area contributed by atoms with Gasteiger partial charge in [-0.15, -0.1) is 0 Å². The van der Waals surface area contributed by atoms with Crippen LogP contribution in [0.2, 0.25) is 5.02 Å². The highest BCUT2D eigenvalue weighted by Crippen LogP contribution is 2.37. The second-order valence-corrected chi connectivity index (χ2v) is 13.0. The number of methoxy groups -OCH3 is 1. The predicted molar refractivity (Wildman–Crippen MR) is 158 cm³/mol. The molecule has 1 N–H and O–H groups in total. The van der Waals surface area contributed by atoms with E-state index in [1.165, 1.54) is 38.3 Å². The van der Waals surface area contributed by atoms with Crippen LogP contribution in [0.3, 0.4) is 0 Å². The predicted octanol–water partition coefficient (Wildman–Crippen LogP) is 5.89. The second kappa shape index (κ2) is 13.3. The number of nitrogens with zero attached hydrogens (tertiary/aromatic N) is 2. The van der Waals surface area contributed by atoms with Crippen molar-refractivity contribution in [1.82, 2.24) is 10.2 Å². The number of anilines is 1. The van der Waals surface area contributed by atoms with Crippen molar-refractivity contribution < 1.29 is 35.9 Å². The Hall–Kier alpha value is -3.77. The number of rotatable bonds is 10. The zero-order valence-electron chi connectivity index (χ0n) is 24.3. The number of hydrogen-bond acceptors (Lipinski definition) is 5. The van der Waals surface area contributed by atoms with Crippen LogP contribution >= 0.6 is 11.6 Å². The van der Waals surface area contributed by atoms with Crippen molar-refractivity contribution in [3.05, 3.63) is 88.9 Å². The maximum atomic E-state index is 14.0. The minimum atomic E-state index is -4.82. The average molecular weight is 640 g/mol. The summed E-state index contributed by atoms with van der Waals surface area (Å²) in [5, 5.41) is 2.48. The highest BCUT2D eigenvalue weighted by Gasteiger charge is 2.36. The van der Waals surface area contributed by atoms with Gasteiger partial charge in [0.05, 0.1) is 28.3 Å². The largest absolute Gasteiger partial charge is 0.497 e. The van der Waals surface area contributed by atoms with Gasteiger partial charge in [0.1, 0.15) is 18.3 Å². The number of halogens is 4. The molecule has 3 aromatic rings. The van der Waals surface area contributed by atoms with Crippen molar-refractivity contribution in [2.75, 3.05) is 18.0 Å². The van der Waals surface area contributed by atoms with E-state index in [0.29, 0.717) is 21.7 Å². The van der Waals surface area contributed by atoms with Crippen LogP contribution in [-0.2, 0) is 32.3 Å². The molecule has 0 unspecified atom stereocenters. The van der Waals surface area contributed by atoms with Gasteiger partial charge in [-0.05, 0) is 75.7 Å². The van der Waals surface area contributed by atoms with Gasteiger partial charge in [-0.1, -0.05) is 41.9 Å². The van der Waals surface area contributed by atoms with E-state index in [1.807, 2.05) is 0 Å². The van der Waals surface area contributed by atoms with Gasteiger partial charge in [-0.25, -0.2) is 8.42 Å². The van der Waals surface area contributed by atoms with Crippen LogP contribution in [0.15, 0.2) is 77.7 Å². The number of alkyl halides is 3. The van der Waals surface area contributed by atoms with Crippen LogP contribution in [0, 0.1) is 0 Å². The van der Waals surface area contributed by atoms with E-state index >= 15 is 0 Å². The van der Waals surface area contributed by atoms with E-state index in [2.05, 4.69) is 5.32 Å². The molecule has 43 heavy (non-hydrogen) atoms. The summed E-state index contributed by atoms with van der Waals surface area (Å²) in [6.07, 6.45) is -4.82. The molecular formula is C30H33ClF3N3O5S. The number of carbonyl (C=O) groups excluding carboxylic acids is 2. The van der Waals surface area contributed by atoms with Gasteiger partial charge in [0, 0.05) is 12.1 Å². The third-order valence-corrected chi connectivity index (χ3v) is 8.40. The van der Waals surface area contributed by atoms with Crippen molar-refractivity contribution in [3.8, 4) is 5.75 Å². The fourth-order valence-corrected chi connectivity index (χ4v) is 5.85. The summed E-state index contributed by atoms with van der Waals surface area (Å²) in [6, 6.07) is 14.8. The van der Waals surface area contributed by atoms with E-state index in [-0.39, 0.29) is 16.5 Å². The smallest absolute Gasteiger partial charge is 0.416 e. The Morgan fingerprint density at radius 2 is 1.63 bits per heavy atom. The quantitative estimate of drug-likeness (QED) is 0.298. The van der Waals surface area contributed by atoms with Crippen molar-refractivity contribution in [1.29, 1.82) is 0 Å². The Morgan fingerprint density at radius 3 is 2.21 bits per heavy atom. The number of sulfonamides is 1. The van der Waals surface area contributed by atoms with Gasteiger partial charge in [0.25, 0.3) is 10.0 Å². The molecule has 0 aliphatic heterocycles. The number of ether oxygens (including phenoxy) is 1. The first kappa shape index (κ1) is 33.7. The standard InChI is InChI=1S/C30H33ClF3N3O5S/c1-20(28(39)35-29(2,3)4)36(18-21-10-9-11-23(16-21)42-5)27(38)19-37(43(40,41)24-12-7-6-8-13-24)26-17-22(30(32,33)34)14-15-25(26)31/h6-17,20H,18-19H2,1-5H3,(H,35,39)/t20-/m0/s1. The molecule has 232 valence electrons. The fourth-order valence-electron chi connectivity index (χ4n) is 4.14. The van der Waals surface area contributed by atoms with Gasteiger partial charge in [0.2, 0.25) is 11.8 Å². The summed E-state index contributed by atoms with van der Waals surface area (Å²) < 4.78 is 74.5. The lowest BCUT2D eigenvalue weighted by molar-refractivity contribution is -0.140. The molecule has 0 aliphatic rings. The van der Waals surface area contributed by atoms with Crippen molar-refractivity contribution in [2.24, 2.45) is 0 Å². The maximum absolute atomic E-state index is 14.0. The zero-order chi connectivity index (χ0) is 32.2. The van der Waals surface area contributed by atoms with Crippen LogP contribution in [0.25, 0.3) is 0 Å². The summed E-state index contributed by atoms with van der Waals surface area (Å²) in [5.74, 6) is -0.883. The Balaban J connectivity index is 2.14. The number of nitrogens with one attached hydrogen (secondary N) is 1. The first-order valence-corrected chi connectivity index (χ1v) is 14.9. The lowest BCUT2D eigenvalue weighted by Crippen LogP contribution is -2.54. The molecule has 0 bridgehead atoms. The minimum absolute atomic E-state index is 0.135. The van der Waals surface area contributed by atoms with Crippen LogP contribution in [0.5, 0.6) is 5.75 Å². The topological polar surface area (TPSA) is 96.0 Å². The van der Waals surface area contributed by atoms with E-state index < -0.39 is 57.4 Å². The molecule has 0 saturated heterocycles. The molecule has 3 aromatic carbocycles. The first-order chi connectivity index (χ1) is 19.9. The summed E-state index contributed by atoms with van der Waals surface area (Å²) in [4.78, 5) is 28.1. The van der Waals surface area contributed by atoms with Crippen LogP contribution in [0.1, 0.15) is 38.8 Å². The number of carbonyl (C=O) groups is 2. The highest BCUT2D eigenvalue weighted by molar-refractivity contribution is 7.92. The Bertz CT molecular complexity index is 1560.